The summed E-state index contributed by atoms with van der Waals surface area (Å²) < 4.78 is 21.6. The summed E-state index contributed by atoms with van der Waals surface area (Å²) in [6, 6.07) is 16.1. The molecule has 204 valence electrons. The summed E-state index contributed by atoms with van der Waals surface area (Å²) in [4.78, 5) is 23.8. The van der Waals surface area contributed by atoms with Gasteiger partial charge >= 0.3 is 11.9 Å². The molecule has 1 aliphatic carbocycles. The molecule has 3 rings (SSSR count). The van der Waals surface area contributed by atoms with Crippen molar-refractivity contribution >= 4 is 11.9 Å². The van der Waals surface area contributed by atoms with Gasteiger partial charge in [0.15, 0.2) is 13.2 Å². The molecule has 0 aromatic heterocycles. The van der Waals surface area contributed by atoms with Crippen LogP contribution in [0.25, 0.3) is 0 Å². The fourth-order valence-corrected chi connectivity index (χ4v) is 4.61. The molecule has 0 atom stereocenters. The lowest BCUT2D eigenvalue weighted by Gasteiger charge is -2.38. The molecule has 0 heterocycles. The van der Waals surface area contributed by atoms with Crippen LogP contribution in [0.4, 0.5) is 0 Å². The van der Waals surface area contributed by atoms with Crippen LogP contribution in [-0.2, 0) is 24.5 Å². The van der Waals surface area contributed by atoms with Gasteiger partial charge in [0.1, 0.15) is 24.7 Å². The fraction of sp³-hybridized carbons (Fsp3) is 0.438. The number of rotatable bonds is 12. The van der Waals surface area contributed by atoms with Crippen molar-refractivity contribution in [2.75, 3.05) is 26.4 Å². The summed E-state index contributed by atoms with van der Waals surface area (Å²) in [5.74, 6) is 0.496. The van der Waals surface area contributed by atoms with E-state index in [1.807, 2.05) is 64.1 Å². The minimum absolute atomic E-state index is 0.0954. The number of allylic oxidation sites excluding steroid dienone is 2. The van der Waals surface area contributed by atoms with E-state index in [0.29, 0.717) is 11.5 Å². The fourth-order valence-electron chi connectivity index (χ4n) is 4.61. The van der Waals surface area contributed by atoms with E-state index in [1.54, 1.807) is 0 Å². The van der Waals surface area contributed by atoms with Crippen LogP contribution in [0, 0.1) is 0 Å². The van der Waals surface area contributed by atoms with E-state index >= 15 is 0 Å². The predicted molar refractivity (Wildman–Crippen MR) is 149 cm³/mol. The standard InChI is InChI=1S/C32H40O6/c1-24(2)16-20-35-30(33)22-37-28-12-8-26(9-13-28)32(18-6-5-7-19-32)27-10-14-29(15-11-27)38-23-31(34)36-21-17-25(3)4/h8-17H,5-7,18-23H2,1-4H3. The summed E-state index contributed by atoms with van der Waals surface area (Å²) >= 11 is 0. The van der Waals surface area contributed by atoms with E-state index in [1.165, 1.54) is 17.5 Å². The lowest BCUT2D eigenvalue weighted by Crippen LogP contribution is -2.30. The molecule has 2 aromatic carbocycles. The van der Waals surface area contributed by atoms with Gasteiger partial charge in [-0.05, 0) is 88.1 Å². The van der Waals surface area contributed by atoms with E-state index in [2.05, 4.69) is 24.3 Å². The lowest BCUT2D eigenvalue weighted by atomic mass is 9.65. The van der Waals surface area contributed by atoms with Crippen molar-refractivity contribution < 1.29 is 28.5 Å². The molecule has 38 heavy (non-hydrogen) atoms. The van der Waals surface area contributed by atoms with Crippen LogP contribution in [-0.4, -0.2) is 38.4 Å². The van der Waals surface area contributed by atoms with Gasteiger partial charge in [0.05, 0.1) is 0 Å². The zero-order chi connectivity index (χ0) is 27.4. The van der Waals surface area contributed by atoms with Crippen molar-refractivity contribution in [3.05, 3.63) is 83.0 Å². The van der Waals surface area contributed by atoms with E-state index in [0.717, 1.165) is 36.8 Å². The molecule has 0 amide bonds. The van der Waals surface area contributed by atoms with Gasteiger partial charge < -0.3 is 18.9 Å². The third-order valence-electron chi connectivity index (χ3n) is 6.71. The summed E-state index contributed by atoms with van der Waals surface area (Å²) in [7, 11) is 0. The summed E-state index contributed by atoms with van der Waals surface area (Å²) in [5, 5.41) is 0. The Labute approximate surface area is 226 Å². The van der Waals surface area contributed by atoms with E-state index in [4.69, 9.17) is 18.9 Å². The number of carbonyl (C=O) groups excluding carboxylic acids is 2. The molecule has 0 N–H and O–H groups in total. The molecule has 0 radical (unpaired) electrons. The van der Waals surface area contributed by atoms with Crippen LogP contribution in [0.5, 0.6) is 11.5 Å². The minimum atomic E-state index is -0.390. The van der Waals surface area contributed by atoms with Crippen LogP contribution >= 0.6 is 0 Å². The molecule has 0 bridgehead atoms. The number of carbonyl (C=O) groups is 2. The number of ether oxygens (including phenoxy) is 4. The molecule has 1 aliphatic rings. The maximum Gasteiger partial charge on any atom is 0.344 e. The average Bonchev–Trinajstić information content (AvgIpc) is 2.91. The molecule has 0 saturated heterocycles. The zero-order valence-electron chi connectivity index (χ0n) is 23.1. The molecule has 6 nitrogen and oxygen atoms in total. The molecular formula is C32H40O6. The van der Waals surface area contributed by atoms with Crippen LogP contribution in [0.3, 0.4) is 0 Å². The highest BCUT2D eigenvalue weighted by Crippen LogP contribution is 2.45. The van der Waals surface area contributed by atoms with Gasteiger partial charge in [0.2, 0.25) is 0 Å². The van der Waals surface area contributed by atoms with E-state index in [9.17, 15) is 9.59 Å². The van der Waals surface area contributed by atoms with Gasteiger partial charge in [-0.3, -0.25) is 0 Å². The first kappa shape index (κ1) is 29.0. The highest BCUT2D eigenvalue weighted by atomic mass is 16.6. The minimum Gasteiger partial charge on any atom is -0.482 e. The number of hydrogen-bond acceptors (Lipinski definition) is 6. The van der Waals surface area contributed by atoms with Crippen molar-refractivity contribution in [2.45, 2.75) is 65.2 Å². The van der Waals surface area contributed by atoms with E-state index in [-0.39, 0.29) is 31.8 Å². The van der Waals surface area contributed by atoms with Crippen LogP contribution in [0.15, 0.2) is 71.8 Å². The SMILES string of the molecule is CC(C)=CCOC(=O)COc1ccc(C2(c3ccc(OCC(=O)OCC=C(C)C)cc3)CCCCC2)cc1. The Hall–Kier alpha value is -3.54. The van der Waals surface area contributed by atoms with Gasteiger partial charge in [-0.25, -0.2) is 9.59 Å². The monoisotopic (exact) mass is 520 g/mol. The highest BCUT2D eigenvalue weighted by Gasteiger charge is 2.35. The molecular weight excluding hydrogens is 480 g/mol. The first-order valence-electron chi connectivity index (χ1n) is 13.3. The quantitative estimate of drug-likeness (QED) is 0.229. The van der Waals surface area contributed by atoms with Crippen molar-refractivity contribution in [3.8, 4) is 11.5 Å². The van der Waals surface area contributed by atoms with Gasteiger partial charge in [0, 0.05) is 5.41 Å². The second-order valence-electron chi connectivity index (χ2n) is 10.2. The molecule has 1 saturated carbocycles. The topological polar surface area (TPSA) is 71.1 Å². The number of esters is 2. The Morgan fingerprint density at radius 1 is 0.658 bits per heavy atom. The molecule has 1 fully saturated rings. The third-order valence-corrected chi connectivity index (χ3v) is 6.71. The second-order valence-corrected chi connectivity index (χ2v) is 10.2. The normalized spacial score (nSPS) is 14.1. The van der Waals surface area contributed by atoms with Crippen molar-refractivity contribution in [1.82, 2.24) is 0 Å². The third kappa shape index (κ3) is 8.79. The lowest BCUT2D eigenvalue weighted by molar-refractivity contribution is -0.145. The van der Waals surface area contributed by atoms with Gasteiger partial charge in [-0.15, -0.1) is 0 Å². The van der Waals surface area contributed by atoms with Crippen LogP contribution in [0.1, 0.15) is 70.9 Å². The molecule has 0 unspecified atom stereocenters. The molecule has 0 aliphatic heterocycles. The van der Waals surface area contributed by atoms with Gasteiger partial charge in [-0.2, -0.15) is 0 Å². The Balaban J connectivity index is 1.63. The van der Waals surface area contributed by atoms with Crippen LogP contribution < -0.4 is 9.47 Å². The predicted octanol–water partition coefficient (Wildman–Crippen LogP) is 6.71. The van der Waals surface area contributed by atoms with Crippen LogP contribution in [0.2, 0.25) is 0 Å². The Morgan fingerprint density at radius 2 is 1.05 bits per heavy atom. The first-order chi connectivity index (χ1) is 18.3. The molecule has 0 spiro atoms. The van der Waals surface area contributed by atoms with Gasteiger partial charge in [0.25, 0.3) is 0 Å². The summed E-state index contributed by atoms with van der Waals surface area (Å²) in [6.07, 6.45) is 9.37. The summed E-state index contributed by atoms with van der Waals surface area (Å²) in [6.45, 7) is 8.11. The maximum atomic E-state index is 11.9. The Kier molecular flexibility index (Phi) is 11.0. The maximum absolute atomic E-state index is 11.9. The average molecular weight is 521 g/mol. The zero-order valence-corrected chi connectivity index (χ0v) is 23.1. The Morgan fingerprint density at radius 3 is 1.42 bits per heavy atom. The Bertz CT molecular complexity index is 1010. The molecule has 2 aromatic rings. The second kappa shape index (κ2) is 14.4. The van der Waals surface area contributed by atoms with E-state index < -0.39 is 11.9 Å². The van der Waals surface area contributed by atoms with Crippen molar-refractivity contribution in [3.63, 3.8) is 0 Å². The van der Waals surface area contributed by atoms with Crippen molar-refractivity contribution in [2.24, 2.45) is 0 Å². The number of benzene rings is 2. The summed E-state index contributed by atoms with van der Waals surface area (Å²) in [5.41, 5.74) is 4.56. The largest absolute Gasteiger partial charge is 0.482 e. The first-order valence-corrected chi connectivity index (χ1v) is 13.3. The molecule has 6 heteroatoms. The van der Waals surface area contributed by atoms with Gasteiger partial charge in [-0.1, -0.05) is 54.7 Å². The highest BCUT2D eigenvalue weighted by molar-refractivity contribution is 5.71. The van der Waals surface area contributed by atoms with Crippen molar-refractivity contribution in [1.29, 1.82) is 0 Å². The number of hydrogen-bond donors (Lipinski definition) is 0. The smallest absolute Gasteiger partial charge is 0.344 e.